The summed E-state index contributed by atoms with van der Waals surface area (Å²) in [6, 6.07) is 3.23. The van der Waals surface area contributed by atoms with Crippen molar-refractivity contribution < 1.29 is 21.9 Å². The summed E-state index contributed by atoms with van der Waals surface area (Å²) < 4.78 is 50.6. The highest BCUT2D eigenvalue weighted by Gasteiger charge is 2.32. The third-order valence-electron chi connectivity index (χ3n) is 3.26. The number of hydrogen-bond donors (Lipinski definition) is 1. The van der Waals surface area contributed by atoms with E-state index in [1.165, 1.54) is 14.7 Å². The molecule has 0 atom stereocenters. The molecule has 7 nitrogen and oxygen atoms in total. The molecule has 1 aliphatic rings. The van der Waals surface area contributed by atoms with Crippen molar-refractivity contribution in [2.45, 2.75) is 10.6 Å². The molecule has 0 spiro atoms. The Bertz CT molecular complexity index is 687. The Kier molecular flexibility index (Phi) is 5.06. The minimum absolute atomic E-state index is 0.0208. The fourth-order valence-electron chi connectivity index (χ4n) is 2.11. The molecule has 1 aliphatic heterocycles. The summed E-state index contributed by atoms with van der Waals surface area (Å²) in [5.74, 6) is 0. The molecule has 1 aromatic rings. The Morgan fingerprint density at radius 2 is 1.67 bits per heavy atom. The first-order valence-electron chi connectivity index (χ1n) is 6.40. The monoisotopic (exact) mass is 354 g/mol. The Balaban J connectivity index is 2.11. The zero-order chi connectivity index (χ0) is 15.7. The highest BCUT2D eigenvalue weighted by atomic mass is 32.2. The van der Waals surface area contributed by atoms with E-state index in [0.717, 1.165) is 22.5 Å². The van der Waals surface area contributed by atoms with Crippen molar-refractivity contribution >= 4 is 31.4 Å². The molecule has 0 aromatic carbocycles. The fourth-order valence-corrected chi connectivity index (χ4v) is 5.86. The van der Waals surface area contributed by atoms with Crippen molar-refractivity contribution in [3.8, 4) is 0 Å². The van der Waals surface area contributed by atoms with Gasteiger partial charge in [-0.1, -0.05) is 0 Å². The Morgan fingerprint density at radius 3 is 2.19 bits per heavy atom. The smallest absolute Gasteiger partial charge is 0.252 e. The molecule has 0 saturated carbocycles. The molecule has 0 aliphatic carbocycles. The molecule has 0 unspecified atom stereocenters. The van der Waals surface area contributed by atoms with Crippen molar-refractivity contribution in [3.05, 3.63) is 17.0 Å². The normalized spacial score (nSPS) is 19.0. The molecule has 1 fully saturated rings. The number of aliphatic hydroxyl groups is 1. The lowest BCUT2D eigenvalue weighted by Gasteiger charge is -2.32. The summed E-state index contributed by atoms with van der Waals surface area (Å²) >= 11 is 1.14. The van der Waals surface area contributed by atoms with Gasteiger partial charge in [-0.3, -0.25) is 0 Å². The second-order valence-electron chi connectivity index (χ2n) is 4.76. The molecule has 2 rings (SSSR count). The van der Waals surface area contributed by atoms with Gasteiger partial charge in [0, 0.05) is 44.1 Å². The summed E-state index contributed by atoms with van der Waals surface area (Å²) in [5, 5.41) is 8.87. The van der Waals surface area contributed by atoms with Crippen LogP contribution in [-0.4, -0.2) is 69.6 Å². The van der Waals surface area contributed by atoms with Crippen molar-refractivity contribution in [1.82, 2.24) is 8.61 Å². The highest BCUT2D eigenvalue weighted by Crippen LogP contribution is 2.26. The van der Waals surface area contributed by atoms with Crippen molar-refractivity contribution in [2.24, 2.45) is 0 Å². The first kappa shape index (κ1) is 16.8. The van der Waals surface area contributed by atoms with Gasteiger partial charge in [0.25, 0.3) is 10.0 Å². The first-order chi connectivity index (χ1) is 9.75. The molecule has 1 N–H and O–H groups in total. The van der Waals surface area contributed by atoms with Gasteiger partial charge in [0.2, 0.25) is 10.0 Å². The van der Waals surface area contributed by atoms with E-state index in [1.54, 1.807) is 6.07 Å². The Hall–Kier alpha value is -0.520. The largest absolute Gasteiger partial charge is 0.396 e. The number of piperazine rings is 1. The molecule has 10 heteroatoms. The molecule has 0 bridgehead atoms. The lowest BCUT2D eigenvalue weighted by Crippen LogP contribution is -2.50. The second-order valence-corrected chi connectivity index (χ2v) is 10.1. The molecule has 1 saturated heterocycles. The van der Waals surface area contributed by atoms with E-state index in [2.05, 4.69) is 0 Å². The van der Waals surface area contributed by atoms with Gasteiger partial charge in [-0.15, -0.1) is 11.3 Å². The molecule has 120 valence electrons. The van der Waals surface area contributed by atoms with Crippen LogP contribution in [0.5, 0.6) is 0 Å². The number of aliphatic hydroxyl groups excluding tert-OH is 1. The van der Waals surface area contributed by atoms with E-state index >= 15 is 0 Å². The molecule has 2 heterocycles. The maximum absolute atomic E-state index is 12.5. The standard InChI is InChI=1S/C11H18N2O5S3/c1-20(15,16)12-5-7-13(8-6-12)21(17,18)11-3-2-10(19-11)4-9-14/h2-3,14H,4-9H2,1H3. The zero-order valence-corrected chi connectivity index (χ0v) is 14.0. The van der Waals surface area contributed by atoms with Gasteiger partial charge in [-0.2, -0.15) is 8.61 Å². The van der Waals surface area contributed by atoms with Gasteiger partial charge in [-0.05, 0) is 12.1 Å². The van der Waals surface area contributed by atoms with Gasteiger partial charge >= 0.3 is 0 Å². The average molecular weight is 354 g/mol. The summed E-state index contributed by atoms with van der Waals surface area (Å²) in [5.41, 5.74) is 0. The van der Waals surface area contributed by atoms with E-state index in [4.69, 9.17) is 5.11 Å². The van der Waals surface area contributed by atoms with Crippen LogP contribution in [-0.2, 0) is 26.5 Å². The Labute approximate surface area is 128 Å². The van der Waals surface area contributed by atoms with Crippen LogP contribution in [0.25, 0.3) is 0 Å². The van der Waals surface area contributed by atoms with Crippen molar-refractivity contribution in [1.29, 1.82) is 0 Å². The minimum atomic E-state index is -3.58. The SMILES string of the molecule is CS(=O)(=O)N1CCN(S(=O)(=O)c2ccc(CCO)s2)CC1. The summed E-state index contributed by atoms with van der Waals surface area (Å²) in [6.45, 7) is 0.637. The van der Waals surface area contributed by atoms with Gasteiger partial charge in [0.15, 0.2) is 0 Å². The number of rotatable bonds is 5. The molecule has 1 aromatic heterocycles. The Morgan fingerprint density at radius 1 is 1.10 bits per heavy atom. The predicted octanol–water partition coefficient (Wildman–Crippen LogP) is -0.451. The van der Waals surface area contributed by atoms with Crippen LogP contribution >= 0.6 is 11.3 Å². The van der Waals surface area contributed by atoms with Crippen LogP contribution in [0.2, 0.25) is 0 Å². The molecular weight excluding hydrogens is 336 g/mol. The summed E-state index contributed by atoms with van der Waals surface area (Å²) in [4.78, 5) is 0.811. The lowest BCUT2D eigenvalue weighted by atomic mass is 10.4. The van der Waals surface area contributed by atoms with E-state index in [0.29, 0.717) is 6.42 Å². The topological polar surface area (TPSA) is 95.0 Å². The van der Waals surface area contributed by atoms with E-state index < -0.39 is 20.0 Å². The van der Waals surface area contributed by atoms with Gasteiger partial charge in [-0.25, -0.2) is 16.8 Å². The van der Waals surface area contributed by atoms with Gasteiger partial charge < -0.3 is 5.11 Å². The highest BCUT2D eigenvalue weighted by molar-refractivity contribution is 7.91. The molecule has 21 heavy (non-hydrogen) atoms. The maximum Gasteiger partial charge on any atom is 0.252 e. The molecular formula is C11H18N2O5S3. The van der Waals surface area contributed by atoms with Crippen LogP contribution in [0.3, 0.4) is 0 Å². The number of thiophene rings is 1. The van der Waals surface area contributed by atoms with Crippen molar-refractivity contribution in [3.63, 3.8) is 0 Å². The maximum atomic E-state index is 12.5. The quantitative estimate of drug-likeness (QED) is 0.773. The number of hydrogen-bond acceptors (Lipinski definition) is 6. The van der Waals surface area contributed by atoms with Crippen molar-refractivity contribution in [2.75, 3.05) is 39.0 Å². The van der Waals surface area contributed by atoms with Gasteiger partial charge in [0.1, 0.15) is 4.21 Å². The van der Waals surface area contributed by atoms with Crippen LogP contribution < -0.4 is 0 Å². The summed E-state index contributed by atoms with van der Waals surface area (Å²) in [7, 11) is -6.86. The van der Waals surface area contributed by atoms with Crippen LogP contribution in [0.15, 0.2) is 16.3 Å². The lowest BCUT2D eigenvalue weighted by molar-refractivity contribution is 0.274. The van der Waals surface area contributed by atoms with Crippen LogP contribution in [0.1, 0.15) is 4.88 Å². The number of sulfonamides is 2. The second kappa shape index (κ2) is 6.31. The molecule has 0 amide bonds. The first-order valence-corrected chi connectivity index (χ1v) is 10.5. The predicted molar refractivity (Wildman–Crippen MR) is 80.3 cm³/mol. The van der Waals surface area contributed by atoms with E-state index in [1.807, 2.05) is 0 Å². The minimum Gasteiger partial charge on any atom is -0.396 e. The third-order valence-corrected chi connectivity index (χ3v) is 8.07. The van der Waals surface area contributed by atoms with Gasteiger partial charge in [0.05, 0.1) is 6.26 Å². The number of nitrogens with zero attached hydrogens (tertiary/aromatic N) is 2. The van der Waals surface area contributed by atoms with Crippen LogP contribution in [0.4, 0.5) is 0 Å². The zero-order valence-electron chi connectivity index (χ0n) is 11.6. The third kappa shape index (κ3) is 3.82. The molecule has 0 radical (unpaired) electrons. The van der Waals surface area contributed by atoms with Crippen LogP contribution in [0, 0.1) is 0 Å². The fraction of sp³-hybridized carbons (Fsp3) is 0.636. The average Bonchev–Trinajstić information content (AvgIpc) is 2.88. The van der Waals surface area contributed by atoms with E-state index in [9.17, 15) is 16.8 Å². The van der Waals surface area contributed by atoms with E-state index in [-0.39, 0.29) is 37.0 Å². The summed E-state index contributed by atoms with van der Waals surface area (Å²) in [6.07, 6.45) is 1.56.